The lowest BCUT2D eigenvalue weighted by Gasteiger charge is -2.15. The Labute approximate surface area is 83.1 Å². The molecule has 0 radical (unpaired) electrons. The van der Waals surface area contributed by atoms with Crippen molar-refractivity contribution in [2.45, 2.75) is 13.1 Å². The van der Waals surface area contributed by atoms with Crippen molar-refractivity contribution in [3.8, 4) is 5.75 Å². The van der Waals surface area contributed by atoms with Gasteiger partial charge in [-0.3, -0.25) is 0 Å². The third kappa shape index (κ3) is 3.48. The molecule has 4 heteroatoms. The normalized spacial score (nSPS) is 11.3. The summed E-state index contributed by atoms with van der Waals surface area (Å²) in [6.07, 6.45) is 0. The van der Waals surface area contributed by atoms with Gasteiger partial charge in [-0.1, -0.05) is 11.6 Å². The molecular formula is C8H10Cl2OSi. The molecule has 0 saturated carbocycles. The van der Waals surface area contributed by atoms with Crippen LogP contribution >= 0.6 is 22.7 Å². The number of rotatable bonds is 2. The quantitative estimate of drug-likeness (QED) is 0.547. The Kier molecular flexibility index (Phi) is 3.04. The number of hydrogen-bond donors (Lipinski definition) is 0. The zero-order valence-electron chi connectivity index (χ0n) is 6.97. The minimum absolute atomic E-state index is 0.705. The first-order valence-corrected chi connectivity index (χ1v) is 7.91. The lowest BCUT2D eigenvalue weighted by atomic mass is 10.3. The molecule has 0 aliphatic carbocycles. The Hall–Kier alpha value is -0.183. The van der Waals surface area contributed by atoms with E-state index in [0.29, 0.717) is 5.02 Å². The molecule has 0 N–H and O–H groups in total. The monoisotopic (exact) mass is 220 g/mol. The van der Waals surface area contributed by atoms with Crippen molar-refractivity contribution in [3.63, 3.8) is 0 Å². The molecule has 1 aromatic rings. The maximum Gasteiger partial charge on any atom is 0.341 e. The van der Waals surface area contributed by atoms with Gasteiger partial charge in [-0.2, -0.15) is 0 Å². The summed E-state index contributed by atoms with van der Waals surface area (Å²) in [7, 11) is -1.99. The van der Waals surface area contributed by atoms with Crippen molar-refractivity contribution in [1.82, 2.24) is 0 Å². The van der Waals surface area contributed by atoms with Crippen LogP contribution in [0, 0.1) is 0 Å². The fourth-order valence-corrected chi connectivity index (χ4v) is 1.87. The van der Waals surface area contributed by atoms with Crippen LogP contribution in [0.4, 0.5) is 0 Å². The van der Waals surface area contributed by atoms with E-state index in [4.69, 9.17) is 27.1 Å². The van der Waals surface area contributed by atoms with Crippen molar-refractivity contribution in [3.05, 3.63) is 29.3 Å². The zero-order valence-corrected chi connectivity index (χ0v) is 9.49. The molecule has 0 saturated heterocycles. The molecule has 66 valence electrons. The van der Waals surface area contributed by atoms with Gasteiger partial charge in [-0.15, -0.1) is 11.1 Å². The third-order valence-corrected chi connectivity index (χ3v) is 2.38. The summed E-state index contributed by atoms with van der Waals surface area (Å²) in [5.41, 5.74) is 0. The summed E-state index contributed by atoms with van der Waals surface area (Å²) < 4.78 is 5.50. The van der Waals surface area contributed by atoms with Crippen LogP contribution in [0.3, 0.4) is 0 Å². The molecule has 0 aliphatic heterocycles. The van der Waals surface area contributed by atoms with Gasteiger partial charge in [0.25, 0.3) is 0 Å². The van der Waals surface area contributed by atoms with Gasteiger partial charge in [0, 0.05) is 5.02 Å². The molecule has 0 fully saturated rings. The average Bonchev–Trinajstić information content (AvgIpc) is 1.91. The SMILES string of the molecule is C[Si](C)(Cl)Oc1ccc(Cl)cc1. The molecule has 0 atom stereocenters. The van der Waals surface area contributed by atoms with Gasteiger partial charge < -0.3 is 4.43 Å². The highest BCUT2D eigenvalue weighted by molar-refractivity contribution is 7.15. The van der Waals surface area contributed by atoms with E-state index in [1.54, 1.807) is 12.1 Å². The highest BCUT2D eigenvalue weighted by Crippen LogP contribution is 2.20. The zero-order chi connectivity index (χ0) is 9.19. The summed E-state index contributed by atoms with van der Waals surface area (Å²) in [4.78, 5) is 0. The van der Waals surface area contributed by atoms with Gasteiger partial charge in [0.15, 0.2) is 0 Å². The standard InChI is InChI=1S/C8H10Cl2OSi/c1-12(2,10)11-8-5-3-7(9)4-6-8/h3-6H,1-2H3. The molecule has 12 heavy (non-hydrogen) atoms. The first-order valence-electron chi connectivity index (χ1n) is 3.61. The van der Waals surface area contributed by atoms with Crippen molar-refractivity contribution < 1.29 is 4.43 Å². The smallest absolute Gasteiger partial charge is 0.341 e. The second-order valence-corrected chi connectivity index (χ2v) is 9.02. The van der Waals surface area contributed by atoms with Crippen LogP contribution in [0.25, 0.3) is 0 Å². The van der Waals surface area contributed by atoms with Crippen LogP contribution in [-0.2, 0) is 0 Å². The van der Waals surface area contributed by atoms with Gasteiger partial charge in [-0.25, -0.2) is 0 Å². The molecule has 1 rings (SSSR count). The molecule has 0 bridgehead atoms. The Morgan fingerprint density at radius 3 is 2.08 bits per heavy atom. The molecule has 0 aromatic heterocycles. The predicted molar refractivity (Wildman–Crippen MR) is 55.4 cm³/mol. The van der Waals surface area contributed by atoms with Gasteiger partial charge in [0.1, 0.15) is 5.75 Å². The van der Waals surface area contributed by atoms with Crippen molar-refractivity contribution >= 4 is 30.3 Å². The highest BCUT2D eigenvalue weighted by atomic mass is 35.6. The summed E-state index contributed by atoms with van der Waals surface area (Å²) in [5, 5.41) is 0.705. The lowest BCUT2D eigenvalue weighted by molar-refractivity contribution is 0.572. The van der Waals surface area contributed by atoms with E-state index in [-0.39, 0.29) is 0 Å². The molecule has 1 aromatic carbocycles. The van der Waals surface area contributed by atoms with Gasteiger partial charge in [0.2, 0.25) is 0 Å². The van der Waals surface area contributed by atoms with E-state index in [1.165, 1.54) is 0 Å². The first-order chi connectivity index (χ1) is 5.47. The second-order valence-electron chi connectivity index (χ2n) is 2.92. The van der Waals surface area contributed by atoms with Crippen molar-refractivity contribution in [1.29, 1.82) is 0 Å². The van der Waals surface area contributed by atoms with Crippen LogP contribution in [0.15, 0.2) is 24.3 Å². The summed E-state index contributed by atoms with van der Waals surface area (Å²) in [6, 6.07) is 7.21. The van der Waals surface area contributed by atoms with Crippen molar-refractivity contribution in [2.24, 2.45) is 0 Å². The fraction of sp³-hybridized carbons (Fsp3) is 0.250. The van der Waals surface area contributed by atoms with Crippen molar-refractivity contribution in [2.75, 3.05) is 0 Å². The average molecular weight is 221 g/mol. The summed E-state index contributed by atoms with van der Waals surface area (Å²) in [6.45, 7) is 3.84. The maximum atomic E-state index is 5.99. The van der Waals surface area contributed by atoms with Crippen LogP contribution in [0.5, 0.6) is 5.75 Å². The molecule has 1 nitrogen and oxygen atoms in total. The largest absolute Gasteiger partial charge is 0.530 e. The minimum Gasteiger partial charge on any atom is -0.530 e. The van der Waals surface area contributed by atoms with E-state index in [0.717, 1.165) is 5.75 Å². The van der Waals surface area contributed by atoms with Crippen LogP contribution < -0.4 is 4.43 Å². The third-order valence-electron chi connectivity index (χ3n) is 1.17. The van der Waals surface area contributed by atoms with E-state index < -0.39 is 7.63 Å². The van der Waals surface area contributed by atoms with E-state index in [1.807, 2.05) is 25.2 Å². The van der Waals surface area contributed by atoms with Gasteiger partial charge in [0.05, 0.1) is 0 Å². The second kappa shape index (κ2) is 3.69. The summed E-state index contributed by atoms with van der Waals surface area (Å²) in [5.74, 6) is 0.783. The number of benzene rings is 1. The van der Waals surface area contributed by atoms with E-state index in [9.17, 15) is 0 Å². The molecule has 0 spiro atoms. The lowest BCUT2D eigenvalue weighted by Crippen LogP contribution is -2.26. The summed E-state index contributed by atoms with van der Waals surface area (Å²) >= 11 is 11.7. The van der Waals surface area contributed by atoms with Crippen LogP contribution in [0.1, 0.15) is 0 Å². The Bertz CT molecular complexity index is 253. The van der Waals surface area contributed by atoms with Gasteiger partial charge >= 0.3 is 7.63 Å². The maximum absolute atomic E-state index is 5.99. The van der Waals surface area contributed by atoms with Crippen LogP contribution in [-0.4, -0.2) is 7.63 Å². The van der Waals surface area contributed by atoms with E-state index in [2.05, 4.69) is 0 Å². The minimum atomic E-state index is -1.99. The topological polar surface area (TPSA) is 9.23 Å². The molecule has 0 unspecified atom stereocenters. The highest BCUT2D eigenvalue weighted by Gasteiger charge is 2.19. The molecule has 0 amide bonds. The van der Waals surface area contributed by atoms with Crippen LogP contribution in [0.2, 0.25) is 18.1 Å². The number of halogens is 2. The predicted octanol–water partition coefficient (Wildman–Crippen LogP) is 3.66. The molecule has 0 heterocycles. The first kappa shape index (κ1) is 9.90. The molecule has 0 aliphatic rings. The number of hydrogen-bond acceptors (Lipinski definition) is 1. The van der Waals surface area contributed by atoms with E-state index >= 15 is 0 Å². The Balaban J connectivity index is 2.71. The Morgan fingerprint density at radius 1 is 1.17 bits per heavy atom. The Morgan fingerprint density at radius 2 is 1.67 bits per heavy atom. The van der Waals surface area contributed by atoms with Gasteiger partial charge in [-0.05, 0) is 37.4 Å². The fourth-order valence-electron chi connectivity index (χ4n) is 0.783. The molecular weight excluding hydrogens is 211 g/mol.